The highest BCUT2D eigenvalue weighted by atomic mass is 35.5. The van der Waals surface area contributed by atoms with E-state index in [4.69, 9.17) is 33.7 Å². The van der Waals surface area contributed by atoms with Crippen molar-refractivity contribution in [3.63, 3.8) is 0 Å². The number of halogens is 3. The van der Waals surface area contributed by atoms with E-state index in [0.717, 1.165) is 11.3 Å². The minimum atomic E-state index is -0.329. The molecule has 1 heterocycles. The lowest BCUT2D eigenvalue weighted by molar-refractivity contribution is 0.305. The van der Waals surface area contributed by atoms with E-state index in [1.807, 2.05) is 6.92 Å². The van der Waals surface area contributed by atoms with E-state index in [9.17, 15) is 4.39 Å². The van der Waals surface area contributed by atoms with Crippen LogP contribution in [0.25, 0.3) is 0 Å². The van der Waals surface area contributed by atoms with Gasteiger partial charge in [-0.2, -0.15) is 5.10 Å². The van der Waals surface area contributed by atoms with Crippen molar-refractivity contribution in [2.45, 2.75) is 13.5 Å². The number of hydrogen-bond donors (Lipinski definition) is 1. The van der Waals surface area contributed by atoms with Crippen molar-refractivity contribution in [1.82, 2.24) is 9.66 Å². The van der Waals surface area contributed by atoms with Crippen molar-refractivity contribution < 1.29 is 9.13 Å². The summed E-state index contributed by atoms with van der Waals surface area (Å²) >= 11 is 12.4. The van der Waals surface area contributed by atoms with Crippen LogP contribution in [0, 0.1) is 12.7 Å². The summed E-state index contributed by atoms with van der Waals surface area (Å²) in [6, 6.07) is 9.10. The van der Waals surface area contributed by atoms with Gasteiger partial charge < -0.3 is 10.5 Å². The number of benzene rings is 2. The van der Waals surface area contributed by atoms with Gasteiger partial charge in [0, 0.05) is 16.1 Å². The molecule has 0 atom stereocenters. The van der Waals surface area contributed by atoms with E-state index in [2.05, 4.69) is 10.1 Å². The van der Waals surface area contributed by atoms with E-state index in [-0.39, 0.29) is 18.4 Å². The van der Waals surface area contributed by atoms with E-state index in [0.29, 0.717) is 21.4 Å². The Morgan fingerprint density at radius 1 is 1.27 bits per heavy atom. The molecule has 0 aliphatic heterocycles. The topological polar surface area (TPSA) is 65.4 Å². The number of nitrogen functional groups attached to an aromatic ring is 1. The van der Waals surface area contributed by atoms with Gasteiger partial charge in [0.15, 0.2) is 0 Å². The molecule has 5 nitrogen and oxygen atoms in total. The third-order valence-corrected chi connectivity index (χ3v) is 4.06. The van der Waals surface area contributed by atoms with Gasteiger partial charge in [0.05, 0.1) is 23.1 Å². The highest BCUT2D eigenvalue weighted by Crippen LogP contribution is 2.26. The number of rotatable bonds is 5. The maximum Gasteiger partial charge on any atom is 0.221 e. The lowest BCUT2D eigenvalue weighted by atomic mass is 10.1. The van der Waals surface area contributed by atoms with Crippen molar-refractivity contribution in [3.05, 3.63) is 75.3 Å². The Balaban J connectivity index is 1.87. The first-order valence-electron chi connectivity index (χ1n) is 7.64. The van der Waals surface area contributed by atoms with Crippen LogP contribution in [0.2, 0.25) is 10.0 Å². The van der Waals surface area contributed by atoms with Crippen LogP contribution in [-0.2, 0) is 6.61 Å². The molecule has 0 spiro atoms. The second-order valence-electron chi connectivity index (χ2n) is 5.53. The molecule has 2 N–H and O–H groups in total. The van der Waals surface area contributed by atoms with Crippen LogP contribution >= 0.6 is 23.2 Å². The summed E-state index contributed by atoms with van der Waals surface area (Å²) in [6.07, 6.45) is 3.27. The molecule has 0 radical (unpaired) electrons. The number of nitrogens with two attached hydrogens (primary N) is 1. The minimum Gasteiger partial charge on any atom is -0.489 e. The fourth-order valence-corrected chi connectivity index (χ4v) is 2.89. The summed E-state index contributed by atoms with van der Waals surface area (Å²) in [5.74, 6) is 0.469. The Bertz CT molecular complexity index is 955. The highest BCUT2D eigenvalue weighted by molar-refractivity contribution is 6.36. The third kappa shape index (κ3) is 4.33. The van der Waals surface area contributed by atoms with Gasteiger partial charge >= 0.3 is 0 Å². The van der Waals surface area contributed by atoms with Gasteiger partial charge in [-0.25, -0.2) is 14.1 Å². The van der Waals surface area contributed by atoms with E-state index >= 15 is 0 Å². The van der Waals surface area contributed by atoms with Gasteiger partial charge in [0.1, 0.15) is 18.2 Å². The second-order valence-corrected chi connectivity index (χ2v) is 6.38. The van der Waals surface area contributed by atoms with Crippen molar-refractivity contribution >= 4 is 35.4 Å². The van der Waals surface area contributed by atoms with Gasteiger partial charge in [-0.05, 0) is 43.3 Å². The lowest BCUT2D eigenvalue weighted by Crippen LogP contribution is -2.03. The van der Waals surface area contributed by atoms with Crippen molar-refractivity contribution in [2.24, 2.45) is 5.10 Å². The molecular formula is C18H15Cl2FN4O. The van der Waals surface area contributed by atoms with Crippen LogP contribution in [0.4, 0.5) is 10.3 Å². The molecule has 26 heavy (non-hydrogen) atoms. The summed E-state index contributed by atoms with van der Waals surface area (Å²) in [5, 5.41) is 5.19. The molecule has 0 amide bonds. The molecule has 0 bridgehead atoms. The number of aryl methyl sites for hydroxylation is 1. The molecule has 134 valence electrons. The first kappa shape index (κ1) is 18.2. The van der Waals surface area contributed by atoms with E-state index < -0.39 is 0 Å². The number of imidazole rings is 1. The molecule has 1 aromatic heterocycles. The summed E-state index contributed by atoms with van der Waals surface area (Å²) in [6.45, 7) is 2.01. The normalized spacial score (nSPS) is 11.2. The SMILES string of the molecule is Cc1cn(N=Cc2c(Cl)cc(Cl)cc2COc2ccc(F)cc2)c(N)n1. The Morgan fingerprint density at radius 3 is 2.65 bits per heavy atom. The van der Waals surface area contributed by atoms with Gasteiger partial charge in [0.25, 0.3) is 0 Å². The maximum atomic E-state index is 13.0. The molecule has 0 saturated heterocycles. The average Bonchev–Trinajstić information content (AvgIpc) is 2.91. The molecule has 0 fully saturated rings. The van der Waals surface area contributed by atoms with Gasteiger partial charge in [-0.15, -0.1) is 0 Å². The predicted molar refractivity (Wildman–Crippen MR) is 102 cm³/mol. The molecular weight excluding hydrogens is 378 g/mol. The fraction of sp³-hybridized carbons (Fsp3) is 0.111. The van der Waals surface area contributed by atoms with Crippen LogP contribution in [-0.4, -0.2) is 15.9 Å². The third-order valence-electron chi connectivity index (χ3n) is 3.53. The van der Waals surface area contributed by atoms with Crippen molar-refractivity contribution in [2.75, 3.05) is 5.73 Å². The number of hydrogen-bond acceptors (Lipinski definition) is 4. The zero-order chi connectivity index (χ0) is 18.7. The average molecular weight is 393 g/mol. The molecule has 0 aliphatic carbocycles. The molecule has 2 aromatic carbocycles. The van der Waals surface area contributed by atoms with Gasteiger partial charge in [-0.1, -0.05) is 23.2 Å². The van der Waals surface area contributed by atoms with Crippen molar-refractivity contribution in [3.8, 4) is 5.75 Å². The van der Waals surface area contributed by atoms with Gasteiger partial charge in [-0.3, -0.25) is 0 Å². The van der Waals surface area contributed by atoms with Crippen LogP contribution in [0.15, 0.2) is 47.7 Å². The summed E-state index contributed by atoms with van der Waals surface area (Å²) in [7, 11) is 0. The molecule has 0 saturated carbocycles. The summed E-state index contributed by atoms with van der Waals surface area (Å²) in [4.78, 5) is 4.08. The first-order chi connectivity index (χ1) is 12.4. The molecule has 0 aliphatic rings. The summed E-state index contributed by atoms with van der Waals surface area (Å²) < 4.78 is 20.1. The Labute approximate surface area is 159 Å². The Kier molecular flexibility index (Phi) is 5.44. The number of anilines is 1. The minimum absolute atomic E-state index is 0.186. The molecule has 3 aromatic rings. The number of nitrogens with zero attached hydrogens (tertiary/aromatic N) is 3. The molecule has 8 heteroatoms. The number of aromatic nitrogens is 2. The van der Waals surface area contributed by atoms with E-state index in [1.54, 1.807) is 36.7 Å². The highest BCUT2D eigenvalue weighted by Gasteiger charge is 2.10. The quantitative estimate of drug-likeness (QED) is 0.640. The standard InChI is InChI=1S/C18H15Cl2FN4O/c1-11-9-25(18(22)24-11)23-8-16-12(6-13(19)7-17(16)20)10-26-15-4-2-14(21)3-5-15/h2-9H,10H2,1H3,(H2,22,24). The largest absolute Gasteiger partial charge is 0.489 e. The lowest BCUT2D eigenvalue weighted by Gasteiger charge is -2.11. The van der Waals surface area contributed by atoms with Crippen molar-refractivity contribution in [1.29, 1.82) is 0 Å². The molecule has 0 unspecified atom stereocenters. The first-order valence-corrected chi connectivity index (χ1v) is 8.40. The fourth-order valence-electron chi connectivity index (χ4n) is 2.31. The molecule has 3 rings (SSSR count). The second kappa shape index (κ2) is 7.76. The van der Waals surface area contributed by atoms with E-state index in [1.165, 1.54) is 16.8 Å². The zero-order valence-electron chi connectivity index (χ0n) is 13.8. The predicted octanol–water partition coefficient (Wildman–Crippen LogP) is 4.68. The van der Waals surface area contributed by atoms with Crippen LogP contribution in [0.1, 0.15) is 16.8 Å². The van der Waals surface area contributed by atoms with Crippen LogP contribution in [0.5, 0.6) is 5.75 Å². The zero-order valence-corrected chi connectivity index (χ0v) is 15.3. The van der Waals surface area contributed by atoms with Crippen LogP contribution in [0.3, 0.4) is 0 Å². The Hall–Kier alpha value is -2.57. The monoisotopic (exact) mass is 392 g/mol. The smallest absolute Gasteiger partial charge is 0.221 e. The number of ether oxygens (including phenoxy) is 1. The summed E-state index contributed by atoms with van der Waals surface area (Å²) in [5.41, 5.74) is 7.90. The van der Waals surface area contributed by atoms with Gasteiger partial charge in [0.2, 0.25) is 5.95 Å². The maximum absolute atomic E-state index is 13.0. The van der Waals surface area contributed by atoms with Crippen LogP contribution < -0.4 is 10.5 Å². The Morgan fingerprint density at radius 2 is 2.00 bits per heavy atom.